The Bertz CT molecular complexity index is 1020. The van der Waals surface area contributed by atoms with Crippen LogP contribution in [0.3, 0.4) is 0 Å². The van der Waals surface area contributed by atoms with E-state index in [0.717, 1.165) is 44.9 Å². The molecule has 1 fully saturated rings. The molecule has 10 nitrogen and oxygen atoms in total. The molecule has 0 radical (unpaired) electrons. The number of hydrogen-bond donors (Lipinski definition) is 7. The molecule has 8 atom stereocenters. The van der Waals surface area contributed by atoms with Gasteiger partial charge in [0.05, 0.1) is 25.4 Å². The van der Waals surface area contributed by atoms with Crippen molar-refractivity contribution in [3.63, 3.8) is 0 Å². The molecule has 58 heavy (non-hydrogen) atoms. The van der Waals surface area contributed by atoms with Crippen molar-refractivity contribution in [3.8, 4) is 0 Å². The number of rotatable bonds is 39. The molecule has 10 heteroatoms. The Morgan fingerprint density at radius 2 is 1.02 bits per heavy atom. The second-order valence-corrected chi connectivity index (χ2v) is 16.7. The van der Waals surface area contributed by atoms with Gasteiger partial charge in [-0.3, -0.25) is 4.79 Å². The number of aliphatic hydroxyl groups excluding tert-OH is 6. The highest BCUT2D eigenvalue weighted by Crippen LogP contribution is 2.22. The molecule has 0 aromatic rings. The predicted molar refractivity (Wildman–Crippen MR) is 236 cm³/mol. The van der Waals surface area contributed by atoms with Crippen LogP contribution in [0.15, 0.2) is 36.5 Å². The average molecular weight is 824 g/mol. The molecular weight excluding hydrogens is 735 g/mol. The monoisotopic (exact) mass is 824 g/mol. The van der Waals surface area contributed by atoms with Crippen LogP contribution in [-0.4, -0.2) is 98.7 Å². The Hall–Kier alpha value is -1.63. The second-order valence-electron chi connectivity index (χ2n) is 16.7. The molecule has 1 rings (SSSR count). The Kier molecular flexibility index (Phi) is 35.9. The Balaban J connectivity index is 2.44. The van der Waals surface area contributed by atoms with E-state index in [1.165, 1.54) is 122 Å². The number of carbonyl (C=O) groups is 1. The number of allylic oxidation sites excluding steroid dienone is 5. The molecule has 0 aromatic heterocycles. The fourth-order valence-electron chi connectivity index (χ4n) is 7.35. The maximum absolute atomic E-state index is 13.0. The van der Waals surface area contributed by atoms with Gasteiger partial charge < -0.3 is 45.4 Å². The van der Waals surface area contributed by atoms with Crippen LogP contribution in [0.25, 0.3) is 0 Å². The van der Waals surface area contributed by atoms with Gasteiger partial charge in [-0.15, -0.1) is 0 Å². The first-order valence-corrected chi connectivity index (χ1v) is 23.8. The Morgan fingerprint density at radius 3 is 1.50 bits per heavy atom. The zero-order chi connectivity index (χ0) is 42.5. The highest BCUT2D eigenvalue weighted by Gasteiger charge is 2.44. The van der Waals surface area contributed by atoms with E-state index in [-0.39, 0.29) is 13.0 Å². The molecule has 0 bridgehead atoms. The van der Waals surface area contributed by atoms with Crippen molar-refractivity contribution in [1.29, 1.82) is 0 Å². The molecule has 1 aliphatic heterocycles. The summed E-state index contributed by atoms with van der Waals surface area (Å²) in [6.07, 6.45) is 36.6. The topological polar surface area (TPSA) is 169 Å². The van der Waals surface area contributed by atoms with E-state index in [9.17, 15) is 35.4 Å². The van der Waals surface area contributed by atoms with E-state index in [0.29, 0.717) is 12.8 Å². The van der Waals surface area contributed by atoms with Crippen LogP contribution in [0, 0.1) is 0 Å². The molecule has 0 aliphatic carbocycles. The molecule has 0 spiro atoms. The lowest BCUT2D eigenvalue weighted by atomic mass is 9.99. The van der Waals surface area contributed by atoms with Gasteiger partial charge in [0.25, 0.3) is 0 Å². The number of unbranched alkanes of at least 4 members (excludes halogenated alkanes) is 24. The van der Waals surface area contributed by atoms with E-state index in [2.05, 4.69) is 43.5 Å². The van der Waals surface area contributed by atoms with Crippen LogP contribution in [0.5, 0.6) is 0 Å². The van der Waals surface area contributed by atoms with E-state index in [1.807, 2.05) is 6.08 Å². The van der Waals surface area contributed by atoms with E-state index in [1.54, 1.807) is 6.08 Å². The lowest BCUT2D eigenvalue weighted by Gasteiger charge is -2.40. The van der Waals surface area contributed by atoms with Crippen molar-refractivity contribution in [3.05, 3.63) is 36.5 Å². The minimum atomic E-state index is -1.62. The average Bonchev–Trinajstić information content (AvgIpc) is 3.22. The summed E-state index contributed by atoms with van der Waals surface area (Å²) in [5.74, 6) is -0.635. The number of ether oxygens (including phenoxy) is 2. The fourth-order valence-corrected chi connectivity index (χ4v) is 7.35. The third-order valence-corrected chi connectivity index (χ3v) is 11.3. The molecule has 1 aliphatic rings. The van der Waals surface area contributed by atoms with Crippen LogP contribution in [-0.2, 0) is 14.3 Å². The smallest absolute Gasteiger partial charge is 0.249 e. The highest BCUT2D eigenvalue weighted by molar-refractivity contribution is 5.80. The number of nitrogens with one attached hydrogen (secondary N) is 1. The molecule has 1 saturated heterocycles. The lowest BCUT2D eigenvalue weighted by Crippen LogP contribution is -2.60. The van der Waals surface area contributed by atoms with Gasteiger partial charge in [-0.05, 0) is 57.8 Å². The minimum absolute atomic E-state index is 0.290. The van der Waals surface area contributed by atoms with E-state index >= 15 is 0 Å². The van der Waals surface area contributed by atoms with Crippen molar-refractivity contribution in [2.75, 3.05) is 13.2 Å². The lowest BCUT2D eigenvalue weighted by molar-refractivity contribution is -0.302. The number of carbonyl (C=O) groups excluding carboxylic acids is 1. The molecular formula is C48H89NO9. The van der Waals surface area contributed by atoms with E-state index in [4.69, 9.17) is 9.47 Å². The first kappa shape index (κ1) is 54.4. The SMILES string of the molecule is CCCCCCCCCCC/C=C\CCCCCCC(O)C(=O)NC(COC1OC(CO)C(O)C(O)C1O)C(O)/C=C/CC/C=C/CCCCCCCCCCCC. The van der Waals surface area contributed by atoms with Gasteiger partial charge in [0.15, 0.2) is 6.29 Å². The van der Waals surface area contributed by atoms with Gasteiger partial charge in [-0.25, -0.2) is 0 Å². The molecule has 8 unspecified atom stereocenters. The third-order valence-electron chi connectivity index (χ3n) is 11.3. The maximum Gasteiger partial charge on any atom is 0.249 e. The van der Waals surface area contributed by atoms with Gasteiger partial charge in [0.1, 0.15) is 30.5 Å². The van der Waals surface area contributed by atoms with Crippen LogP contribution in [0.1, 0.15) is 200 Å². The zero-order valence-corrected chi connectivity index (χ0v) is 36.9. The van der Waals surface area contributed by atoms with Gasteiger partial charge >= 0.3 is 0 Å². The molecule has 0 saturated carbocycles. The summed E-state index contributed by atoms with van der Waals surface area (Å²) in [6.45, 7) is 3.58. The summed E-state index contributed by atoms with van der Waals surface area (Å²) < 4.78 is 11.1. The summed E-state index contributed by atoms with van der Waals surface area (Å²) in [4.78, 5) is 13.0. The molecule has 1 heterocycles. The van der Waals surface area contributed by atoms with Crippen molar-refractivity contribution in [1.82, 2.24) is 5.32 Å². The summed E-state index contributed by atoms with van der Waals surface area (Å²) >= 11 is 0. The predicted octanol–water partition coefficient (Wildman–Crippen LogP) is 9.03. The Morgan fingerprint density at radius 1 is 0.586 bits per heavy atom. The van der Waals surface area contributed by atoms with Crippen LogP contribution >= 0.6 is 0 Å². The highest BCUT2D eigenvalue weighted by atomic mass is 16.7. The molecule has 7 N–H and O–H groups in total. The normalized spacial score (nSPS) is 21.7. The first-order chi connectivity index (χ1) is 28.3. The largest absolute Gasteiger partial charge is 0.394 e. The van der Waals surface area contributed by atoms with Crippen molar-refractivity contribution >= 4 is 5.91 Å². The van der Waals surface area contributed by atoms with E-state index < -0.39 is 61.5 Å². The Labute approximate surface area is 354 Å². The molecule has 0 aromatic carbocycles. The van der Waals surface area contributed by atoms with Gasteiger partial charge in [0.2, 0.25) is 5.91 Å². The zero-order valence-electron chi connectivity index (χ0n) is 36.9. The summed E-state index contributed by atoms with van der Waals surface area (Å²) in [5, 5.41) is 64.7. The number of hydrogen-bond acceptors (Lipinski definition) is 9. The van der Waals surface area contributed by atoms with Crippen LogP contribution in [0.4, 0.5) is 0 Å². The third kappa shape index (κ3) is 28.0. The van der Waals surface area contributed by atoms with Gasteiger partial charge in [-0.2, -0.15) is 0 Å². The summed E-state index contributed by atoms with van der Waals surface area (Å²) in [6, 6.07) is -1.00. The van der Waals surface area contributed by atoms with Crippen molar-refractivity contribution in [2.45, 2.75) is 249 Å². The second kappa shape index (κ2) is 38.3. The quantitative estimate of drug-likeness (QED) is 0.0236. The van der Waals surface area contributed by atoms with Crippen LogP contribution < -0.4 is 5.32 Å². The van der Waals surface area contributed by atoms with Gasteiger partial charge in [0, 0.05) is 0 Å². The number of aliphatic hydroxyl groups is 6. The standard InChI is InChI=1S/C48H89NO9/c1-3-5-7-9-11-13-15-17-19-21-23-25-27-29-31-33-35-37-42(52)47(56)49-40(39-57-48-46(55)45(54)44(53)43(38-50)58-48)41(51)36-34-32-30-28-26-24-22-20-18-16-14-12-10-8-6-4-2/h23,25-26,28,34,36,40-46,48,50-55H,3-22,24,27,29-33,35,37-39H2,1-2H3,(H,49,56)/b25-23-,28-26+,36-34+. The van der Waals surface area contributed by atoms with Crippen LogP contribution in [0.2, 0.25) is 0 Å². The first-order valence-electron chi connectivity index (χ1n) is 23.8. The molecule has 1 amide bonds. The number of amides is 1. The maximum atomic E-state index is 13.0. The van der Waals surface area contributed by atoms with Crippen molar-refractivity contribution < 1.29 is 44.9 Å². The summed E-state index contributed by atoms with van der Waals surface area (Å²) in [7, 11) is 0. The van der Waals surface area contributed by atoms with Gasteiger partial charge in [-0.1, -0.05) is 179 Å². The minimum Gasteiger partial charge on any atom is -0.394 e. The molecule has 340 valence electrons. The fraction of sp³-hybridized carbons (Fsp3) is 0.854. The van der Waals surface area contributed by atoms with Crippen molar-refractivity contribution in [2.24, 2.45) is 0 Å². The summed E-state index contributed by atoms with van der Waals surface area (Å²) in [5.41, 5.74) is 0.